The Bertz CT molecular complexity index is 397. The zero-order valence-corrected chi connectivity index (χ0v) is 9.13. The largest absolute Gasteiger partial charge is 0.573 e. The minimum Gasteiger partial charge on any atom is -0.405 e. The van der Waals surface area contributed by atoms with Gasteiger partial charge in [-0.1, -0.05) is 6.07 Å². The van der Waals surface area contributed by atoms with E-state index in [0.717, 1.165) is 12.1 Å². The Morgan fingerprint density at radius 2 is 1.65 bits per heavy atom. The number of ether oxygens (including phenoxy) is 1. The molecule has 0 aliphatic heterocycles. The van der Waals surface area contributed by atoms with E-state index >= 15 is 0 Å². The van der Waals surface area contributed by atoms with Gasteiger partial charge < -0.3 is 4.74 Å². The van der Waals surface area contributed by atoms with Crippen molar-refractivity contribution in [1.82, 2.24) is 0 Å². The van der Waals surface area contributed by atoms with Crippen molar-refractivity contribution in [3.8, 4) is 5.75 Å². The summed E-state index contributed by atoms with van der Waals surface area (Å²) >= 11 is 0.695. The Morgan fingerprint density at radius 1 is 1.06 bits per heavy atom. The predicted molar refractivity (Wildman–Crippen MR) is 49.9 cm³/mol. The number of alkyl halides is 6. The lowest BCUT2D eigenvalue weighted by molar-refractivity contribution is -0.276. The molecular formula is C9H6F6OS. The van der Waals surface area contributed by atoms with Crippen molar-refractivity contribution in [1.29, 1.82) is 0 Å². The van der Waals surface area contributed by atoms with Crippen LogP contribution in [0.4, 0.5) is 26.3 Å². The molecule has 0 saturated heterocycles. The van der Waals surface area contributed by atoms with Crippen LogP contribution in [-0.2, 0) is 6.18 Å². The molecule has 0 aliphatic rings. The van der Waals surface area contributed by atoms with Crippen LogP contribution in [0.1, 0.15) is 5.56 Å². The molecule has 0 heterocycles. The highest BCUT2D eigenvalue weighted by atomic mass is 32.2. The van der Waals surface area contributed by atoms with Crippen molar-refractivity contribution in [3.63, 3.8) is 0 Å². The summed E-state index contributed by atoms with van der Waals surface area (Å²) in [5.41, 5.74) is -1.41. The van der Waals surface area contributed by atoms with Gasteiger partial charge in [-0.3, -0.25) is 0 Å². The third-order valence-corrected chi connectivity index (χ3v) is 2.50. The highest BCUT2D eigenvalue weighted by Gasteiger charge is 2.41. The van der Waals surface area contributed by atoms with Gasteiger partial charge in [-0.05, 0) is 18.4 Å². The number of benzene rings is 1. The molecule has 0 fully saturated rings. The van der Waals surface area contributed by atoms with Crippen molar-refractivity contribution in [2.45, 2.75) is 17.4 Å². The van der Waals surface area contributed by atoms with Gasteiger partial charge in [-0.25, -0.2) is 0 Å². The molecule has 0 aromatic heterocycles. The summed E-state index contributed by atoms with van der Waals surface area (Å²) in [7, 11) is 0. The van der Waals surface area contributed by atoms with E-state index in [-0.39, 0.29) is 4.90 Å². The molecule has 1 nitrogen and oxygen atoms in total. The number of halogens is 6. The van der Waals surface area contributed by atoms with E-state index < -0.39 is 23.9 Å². The zero-order valence-electron chi connectivity index (χ0n) is 8.32. The maximum Gasteiger partial charge on any atom is 0.573 e. The van der Waals surface area contributed by atoms with Gasteiger partial charge in [-0.15, -0.1) is 24.9 Å². The van der Waals surface area contributed by atoms with Crippen LogP contribution in [-0.4, -0.2) is 12.6 Å². The molecule has 8 heteroatoms. The van der Waals surface area contributed by atoms with Crippen LogP contribution in [0.3, 0.4) is 0 Å². The first-order valence-corrected chi connectivity index (χ1v) is 5.37. The maximum atomic E-state index is 12.6. The third-order valence-electron chi connectivity index (χ3n) is 1.72. The molecule has 1 aromatic carbocycles. The average molecular weight is 276 g/mol. The second-order valence-corrected chi connectivity index (χ2v) is 3.73. The summed E-state index contributed by atoms with van der Waals surface area (Å²) in [4.78, 5) is -0.320. The molecular weight excluding hydrogens is 270 g/mol. The molecule has 0 N–H and O–H groups in total. The first kappa shape index (κ1) is 14.0. The van der Waals surface area contributed by atoms with Crippen LogP contribution >= 0.6 is 11.8 Å². The summed E-state index contributed by atoms with van der Waals surface area (Å²) in [5, 5.41) is 0. The van der Waals surface area contributed by atoms with Gasteiger partial charge in [-0.2, -0.15) is 13.2 Å². The predicted octanol–water partition coefficient (Wildman–Crippen LogP) is 4.33. The minimum atomic E-state index is -5.16. The minimum absolute atomic E-state index is 0.320. The number of thioether (sulfide) groups is 1. The second-order valence-electron chi connectivity index (χ2n) is 2.88. The quantitative estimate of drug-likeness (QED) is 0.587. The summed E-state index contributed by atoms with van der Waals surface area (Å²) in [6.07, 6.45) is -8.72. The number of rotatable bonds is 2. The van der Waals surface area contributed by atoms with E-state index in [1.807, 2.05) is 0 Å². The molecule has 0 amide bonds. The third kappa shape index (κ3) is 3.72. The fourth-order valence-corrected chi connectivity index (χ4v) is 1.81. The molecule has 0 unspecified atom stereocenters. The van der Waals surface area contributed by atoms with Crippen LogP contribution in [0.5, 0.6) is 5.75 Å². The lowest BCUT2D eigenvalue weighted by atomic mass is 10.2. The van der Waals surface area contributed by atoms with E-state index in [0.29, 0.717) is 17.8 Å². The van der Waals surface area contributed by atoms with Gasteiger partial charge >= 0.3 is 12.5 Å². The fraction of sp³-hybridized carbons (Fsp3) is 0.333. The van der Waals surface area contributed by atoms with Crippen LogP contribution in [0.2, 0.25) is 0 Å². The molecule has 96 valence electrons. The molecule has 0 atom stereocenters. The molecule has 1 aromatic rings. The van der Waals surface area contributed by atoms with Gasteiger partial charge in [0.2, 0.25) is 0 Å². The number of hydrogen-bond donors (Lipinski definition) is 0. The van der Waals surface area contributed by atoms with Crippen molar-refractivity contribution < 1.29 is 31.1 Å². The normalized spacial score (nSPS) is 12.6. The van der Waals surface area contributed by atoms with Crippen molar-refractivity contribution >= 4 is 11.8 Å². The lowest BCUT2D eigenvalue weighted by Gasteiger charge is -2.17. The summed E-state index contributed by atoms with van der Waals surface area (Å²) in [6.45, 7) is 0. The van der Waals surface area contributed by atoms with Crippen molar-refractivity contribution in [2.24, 2.45) is 0 Å². The summed E-state index contributed by atoms with van der Waals surface area (Å²) in [6, 6.07) is 2.79. The smallest absolute Gasteiger partial charge is 0.405 e. The molecule has 0 spiro atoms. The highest BCUT2D eigenvalue weighted by Crippen LogP contribution is 2.43. The van der Waals surface area contributed by atoms with Gasteiger partial charge in [0.1, 0.15) is 11.3 Å². The standard InChI is InChI=1S/C9H6F6OS/c1-17-6-4-2-3-5(16-9(13,14)15)7(6)8(10,11)12/h2-4H,1H3. The van der Waals surface area contributed by atoms with Gasteiger partial charge in [0.25, 0.3) is 0 Å². The first-order chi connectivity index (χ1) is 7.65. The highest BCUT2D eigenvalue weighted by molar-refractivity contribution is 7.98. The van der Waals surface area contributed by atoms with Gasteiger partial charge in [0.15, 0.2) is 0 Å². The van der Waals surface area contributed by atoms with E-state index in [9.17, 15) is 26.3 Å². The van der Waals surface area contributed by atoms with Crippen LogP contribution in [0.15, 0.2) is 23.1 Å². The van der Waals surface area contributed by atoms with Crippen molar-refractivity contribution in [3.05, 3.63) is 23.8 Å². The Labute approximate surface area is 96.8 Å². The summed E-state index contributed by atoms with van der Waals surface area (Å²) < 4.78 is 77.0. The maximum absolute atomic E-state index is 12.6. The zero-order chi connectivity index (χ0) is 13.3. The Morgan fingerprint density at radius 3 is 2.06 bits per heavy atom. The van der Waals surface area contributed by atoms with Gasteiger partial charge in [0, 0.05) is 4.90 Å². The molecule has 1 rings (SSSR count). The monoisotopic (exact) mass is 276 g/mol. The molecule has 0 saturated carbocycles. The molecule has 0 radical (unpaired) electrons. The molecule has 0 aliphatic carbocycles. The lowest BCUT2D eigenvalue weighted by Crippen LogP contribution is -2.20. The van der Waals surface area contributed by atoms with Crippen molar-refractivity contribution in [2.75, 3.05) is 6.26 Å². The van der Waals surface area contributed by atoms with Crippen LogP contribution in [0.25, 0.3) is 0 Å². The second kappa shape index (κ2) is 4.67. The molecule has 0 bridgehead atoms. The number of hydrogen-bond acceptors (Lipinski definition) is 2. The SMILES string of the molecule is CSc1cccc(OC(F)(F)F)c1C(F)(F)F. The summed E-state index contributed by atoms with van der Waals surface area (Å²) in [5.74, 6) is -1.24. The average Bonchev–Trinajstić information content (AvgIpc) is 2.12. The Hall–Kier alpha value is -1.05. The Kier molecular flexibility index (Phi) is 3.85. The first-order valence-electron chi connectivity index (χ1n) is 4.15. The fourth-order valence-electron chi connectivity index (χ4n) is 1.17. The van der Waals surface area contributed by atoms with E-state index in [1.54, 1.807) is 0 Å². The van der Waals surface area contributed by atoms with E-state index in [2.05, 4.69) is 4.74 Å². The van der Waals surface area contributed by atoms with Crippen LogP contribution in [0, 0.1) is 0 Å². The van der Waals surface area contributed by atoms with Crippen LogP contribution < -0.4 is 4.74 Å². The molecule has 17 heavy (non-hydrogen) atoms. The van der Waals surface area contributed by atoms with E-state index in [1.165, 1.54) is 6.26 Å². The van der Waals surface area contributed by atoms with Gasteiger partial charge in [0.05, 0.1) is 0 Å². The topological polar surface area (TPSA) is 9.23 Å². The Balaban J connectivity index is 3.30. The van der Waals surface area contributed by atoms with E-state index in [4.69, 9.17) is 0 Å².